The Morgan fingerprint density at radius 2 is 2.08 bits per heavy atom. The number of aliphatic hydroxyl groups is 1. The number of rotatable bonds is 6. The van der Waals surface area contributed by atoms with E-state index < -0.39 is 0 Å². The average molecular weight is 326 g/mol. The molecule has 0 atom stereocenters. The van der Waals surface area contributed by atoms with Crippen molar-refractivity contribution in [1.29, 1.82) is 0 Å². The van der Waals surface area contributed by atoms with Gasteiger partial charge in [0.25, 0.3) is 0 Å². The van der Waals surface area contributed by atoms with Gasteiger partial charge in [0.15, 0.2) is 5.82 Å². The second-order valence-corrected chi connectivity index (χ2v) is 6.62. The molecule has 0 radical (unpaired) electrons. The minimum absolute atomic E-state index is 0.0340. The molecule has 4 rings (SSSR count). The monoisotopic (exact) mass is 326 g/mol. The lowest BCUT2D eigenvalue weighted by molar-refractivity contribution is 0.123. The van der Waals surface area contributed by atoms with Crippen molar-refractivity contribution < 1.29 is 9.84 Å². The Balaban J connectivity index is 1.96. The number of nitrogens with zero attached hydrogens (tertiary/aromatic N) is 3. The minimum Gasteiger partial charge on any atom is -0.396 e. The van der Waals surface area contributed by atoms with Gasteiger partial charge in [-0.05, 0) is 25.8 Å². The zero-order valence-electron chi connectivity index (χ0n) is 13.8. The van der Waals surface area contributed by atoms with Gasteiger partial charge in [-0.25, -0.2) is 9.97 Å². The van der Waals surface area contributed by atoms with Crippen LogP contribution in [0, 0.1) is 5.41 Å². The number of hydrogen-bond donors (Lipinski definition) is 2. The lowest BCUT2D eigenvalue weighted by Gasteiger charge is -2.16. The second-order valence-electron chi connectivity index (χ2n) is 6.62. The van der Waals surface area contributed by atoms with Gasteiger partial charge >= 0.3 is 0 Å². The number of nitrogens with two attached hydrogens (primary N) is 1. The van der Waals surface area contributed by atoms with E-state index in [-0.39, 0.29) is 12.0 Å². The summed E-state index contributed by atoms with van der Waals surface area (Å²) >= 11 is 0. The highest BCUT2D eigenvalue weighted by atomic mass is 16.5. The number of pyridine rings is 1. The largest absolute Gasteiger partial charge is 0.396 e. The van der Waals surface area contributed by atoms with E-state index in [0.29, 0.717) is 19.0 Å². The molecule has 0 amide bonds. The Kier molecular flexibility index (Phi) is 3.66. The Morgan fingerprint density at radius 1 is 1.29 bits per heavy atom. The van der Waals surface area contributed by atoms with Crippen LogP contribution < -0.4 is 5.73 Å². The zero-order valence-corrected chi connectivity index (χ0v) is 13.8. The minimum atomic E-state index is -0.0340. The molecule has 2 heterocycles. The van der Waals surface area contributed by atoms with Gasteiger partial charge in [0.05, 0.1) is 17.6 Å². The molecule has 3 aromatic rings. The fourth-order valence-electron chi connectivity index (χ4n) is 3.26. The molecular formula is C18H22N4O2. The summed E-state index contributed by atoms with van der Waals surface area (Å²) in [6.07, 6.45) is 2.07. The number of ether oxygens (including phenoxy) is 1. The number of aromatic nitrogens is 3. The number of nitrogen functional groups attached to an aromatic ring is 1. The van der Waals surface area contributed by atoms with Gasteiger partial charge < -0.3 is 20.1 Å². The second kappa shape index (κ2) is 5.72. The highest BCUT2D eigenvalue weighted by molar-refractivity contribution is 6.06. The third kappa shape index (κ3) is 2.42. The first kappa shape index (κ1) is 15.4. The number of aliphatic hydroxyl groups excluding tert-OH is 1. The SMILES string of the molecule is CCOCc1nc2c(N)nc3ccccc3c2n1CC1(CO)CC1. The van der Waals surface area contributed by atoms with Crippen molar-refractivity contribution in [1.82, 2.24) is 14.5 Å². The van der Waals surface area contributed by atoms with E-state index in [1.54, 1.807) is 0 Å². The number of imidazole rings is 1. The fraction of sp³-hybridized carbons (Fsp3) is 0.444. The molecule has 0 spiro atoms. The van der Waals surface area contributed by atoms with Crippen LogP contribution in [0.5, 0.6) is 0 Å². The average Bonchev–Trinajstić information content (AvgIpc) is 3.28. The molecule has 0 saturated heterocycles. The van der Waals surface area contributed by atoms with Crippen molar-refractivity contribution in [2.45, 2.75) is 32.9 Å². The first-order valence-corrected chi connectivity index (χ1v) is 8.39. The van der Waals surface area contributed by atoms with Crippen LogP contribution in [0.1, 0.15) is 25.6 Å². The van der Waals surface area contributed by atoms with E-state index >= 15 is 0 Å². The molecule has 1 aromatic carbocycles. The summed E-state index contributed by atoms with van der Waals surface area (Å²) in [5, 5.41) is 10.8. The van der Waals surface area contributed by atoms with Gasteiger partial charge in [0.1, 0.15) is 17.9 Å². The van der Waals surface area contributed by atoms with Gasteiger partial charge in [-0.1, -0.05) is 18.2 Å². The van der Waals surface area contributed by atoms with E-state index in [4.69, 9.17) is 15.5 Å². The van der Waals surface area contributed by atoms with E-state index in [0.717, 1.165) is 47.1 Å². The predicted octanol–water partition coefficient (Wildman–Crippen LogP) is 2.48. The van der Waals surface area contributed by atoms with Crippen LogP contribution >= 0.6 is 0 Å². The number of benzene rings is 1. The summed E-state index contributed by atoms with van der Waals surface area (Å²) in [5.74, 6) is 1.28. The highest BCUT2D eigenvalue weighted by Gasteiger charge is 2.43. The van der Waals surface area contributed by atoms with Crippen LogP contribution in [0.3, 0.4) is 0 Å². The molecule has 1 fully saturated rings. The maximum atomic E-state index is 9.76. The van der Waals surface area contributed by atoms with Crippen molar-refractivity contribution in [2.75, 3.05) is 18.9 Å². The molecule has 0 unspecified atom stereocenters. The summed E-state index contributed by atoms with van der Waals surface area (Å²) in [6.45, 7) is 3.95. The normalized spacial score (nSPS) is 16.1. The molecular weight excluding hydrogens is 304 g/mol. The van der Waals surface area contributed by atoms with Gasteiger partial charge in [-0.2, -0.15) is 0 Å². The topological polar surface area (TPSA) is 86.2 Å². The number of fused-ring (bicyclic) bond motifs is 3. The van der Waals surface area contributed by atoms with Gasteiger partial charge in [0.2, 0.25) is 0 Å². The van der Waals surface area contributed by atoms with Crippen LogP contribution in [0.4, 0.5) is 5.82 Å². The molecule has 3 N–H and O–H groups in total. The van der Waals surface area contributed by atoms with Crippen LogP contribution in [-0.4, -0.2) is 32.9 Å². The maximum Gasteiger partial charge on any atom is 0.152 e. The molecule has 6 heteroatoms. The Bertz CT molecular complexity index is 899. The Morgan fingerprint density at radius 3 is 2.79 bits per heavy atom. The van der Waals surface area contributed by atoms with E-state index in [2.05, 4.69) is 9.55 Å². The van der Waals surface area contributed by atoms with Crippen molar-refractivity contribution in [3.63, 3.8) is 0 Å². The van der Waals surface area contributed by atoms with Gasteiger partial charge in [-0.3, -0.25) is 0 Å². The molecule has 1 aliphatic rings. The molecule has 126 valence electrons. The summed E-state index contributed by atoms with van der Waals surface area (Å²) in [7, 11) is 0. The number of para-hydroxylation sites is 1. The molecule has 1 aliphatic carbocycles. The summed E-state index contributed by atoms with van der Waals surface area (Å²) in [4.78, 5) is 9.20. The summed E-state index contributed by atoms with van der Waals surface area (Å²) < 4.78 is 7.78. The molecule has 0 aliphatic heterocycles. The van der Waals surface area contributed by atoms with Crippen molar-refractivity contribution >= 4 is 27.8 Å². The molecule has 0 bridgehead atoms. The maximum absolute atomic E-state index is 9.76. The van der Waals surface area contributed by atoms with Crippen LogP contribution in [0.25, 0.3) is 21.9 Å². The number of hydrogen-bond acceptors (Lipinski definition) is 5. The van der Waals surface area contributed by atoms with Crippen molar-refractivity contribution in [3.8, 4) is 0 Å². The molecule has 6 nitrogen and oxygen atoms in total. The molecule has 24 heavy (non-hydrogen) atoms. The Labute approximate surface area is 140 Å². The predicted molar refractivity (Wildman–Crippen MR) is 93.5 cm³/mol. The Hall–Kier alpha value is -2.18. The van der Waals surface area contributed by atoms with Crippen molar-refractivity contribution in [2.24, 2.45) is 5.41 Å². The summed E-state index contributed by atoms with van der Waals surface area (Å²) in [5.41, 5.74) is 8.71. The lowest BCUT2D eigenvalue weighted by atomic mass is 10.1. The lowest BCUT2D eigenvalue weighted by Crippen LogP contribution is -2.18. The number of anilines is 1. The molecule has 2 aromatic heterocycles. The van der Waals surface area contributed by atoms with Crippen molar-refractivity contribution in [3.05, 3.63) is 30.1 Å². The smallest absolute Gasteiger partial charge is 0.152 e. The third-order valence-corrected chi connectivity index (χ3v) is 4.91. The van der Waals surface area contributed by atoms with E-state index in [1.807, 2.05) is 31.2 Å². The standard InChI is InChI=1S/C18H22N4O2/c1-2-24-9-14-21-15-16(22(14)10-18(11-23)7-8-18)12-5-3-4-6-13(12)20-17(15)19/h3-6,23H,2,7-11H2,1H3,(H2,19,20). The van der Waals surface area contributed by atoms with Gasteiger partial charge in [0, 0.05) is 24.0 Å². The fourth-order valence-corrected chi connectivity index (χ4v) is 3.26. The zero-order chi connectivity index (χ0) is 16.7. The van der Waals surface area contributed by atoms with Crippen LogP contribution in [0.2, 0.25) is 0 Å². The van der Waals surface area contributed by atoms with E-state index in [1.165, 1.54) is 0 Å². The van der Waals surface area contributed by atoms with Gasteiger partial charge in [-0.15, -0.1) is 0 Å². The van der Waals surface area contributed by atoms with Crippen LogP contribution in [-0.2, 0) is 17.9 Å². The quantitative estimate of drug-likeness (QED) is 0.727. The summed E-state index contributed by atoms with van der Waals surface area (Å²) in [6, 6.07) is 7.96. The van der Waals surface area contributed by atoms with E-state index in [9.17, 15) is 5.11 Å². The highest BCUT2D eigenvalue weighted by Crippen LogP contribution is 2.47. The van der Waals surface area contributed by atoms with Crippen LogP contribution in [0.15, 0.2) is 24.3 Å². The third-order valence-electron chi connectivity index (χ3n) is 4.91. The first-order chi connectivity index (χ1) is 11.7. The first-order valence-electron chi connectivity index (χ1n) is 8.39. The molecule has 1 saturated carbocycles.